The summed E-state index contributed by atoms with van der Waals surface area (Å²) in [7, 11) is 0. The molecular formula is C12H18ClN3. The highest BCUT2D eigenvalue weighted by Crippen LogP contribution is 2.28. The molecule has 0 bridgehead atoms. The van der Waals surface area contributed by atoms with Gasteiger partial charge in [-0.2, -0.15) is 0 Å². The Balaban J connectivity index is 2.05. The van der Waals surface area contributed by atoms with E-state index in [4.69, 9.17) is 17.3 Å². The average Bonchev–Trinajstić information content (AvgIpc) is 2.71. The van der Waals surface area contributed by atoms with Crippen molar-refractivity contribution >= 4 is 17.3 Å². The van der Waals surface area contributed by atoms with Crippen LogP contribution in [0.5, 0.6) is 0 Å². The Kier molecular flexibility index (Phi) is 3.66. The van der Waals surface area contributed by atoms with Gasteiger partial charge in [0.1, 0.15) is 5.15 Å². The Hall–Kier alpha value is -0.800. The molecule has 1 aliphatic carbocycles. The third-order valence-corrected chi connectivity index (χ3v) is 3.72. The number of nitrogens with two attached hydrogens (primary N) is 1. The van der Waals surface area contributed by atoms with Crippen LogP contribution in [0.3, 0.4) is 0 Å². The molecule has 88 valence electrons. The fourth-order valence-electron chi connectivity index (χ4n) is 2.36. The van der Waals surface area contributed by atoms with Crippen LogP contribution in [0.2, 0.25) is 5.15 Å². The Morgan fingerprint density at radius 3 is 3.06 bits per heavy atom. The minimum absolute atomic E-state index is 0.493. The summed E-state index contributed by atoms with van der Waals surface area (Å²) in [6.07, 6.45) is 5.48. The minimum atomic E-state index is 0.493. The number of halogens is 1. The molecule has 1 saturated carbocycles. The van der Waals surface area contributed by atoms with E-state index in [0.29, 0.717) is 17.1 Å². The van der Waals surface area contributed by atoms with E-state index in [0.717, 1.165) is 17.8 Å². The van der Waals surface area contributed by atoms with Gasteiger partial charge in [0.15, 0.2) is 0 Å². The third-order valence-electron chi connectivity index (χ3n) is 3.33. The highest BCUT2D eigenvalue weighted by Gasteiger charge is 2.25. The lowest BCUT2D eigenvalue weighted by atomic mass is 10.0. The zero-order chi connectivity index (χ0) is 11.5. The van der Waals surface area contributed by atoms with Gasteiger partial charge in [-0.3, -0.25) is 0 Å². The number of rotatable bonds is 3. The van der Waals surface area contributed by atoms with Crippen LogP contribution in [0.25, 0.3) is 0 Å². The van der Waals surface area contributed by atoms with Crippen LogP contribution in [0.4, 0.5) is 5.69 Å². The van der Waals surface area contributed by atoms with Gasteiger partial charge in [0, 0.05) is 6.04 Å². The van der Waals surface area contributed by atoms with Crippen molar-refractivity contribution < 1.29 is 0 Å². The summed E-state index contributed by atoms with van der Waals surface area (Å²) in [4.78, 5) is 4.14. The predicted octanol–water partition coefficient (Wildman–Crippen LogP) is 2.58. The number of pyridine rings is 1. The SMILES string of the molecule is Cc1cc(NC2CCCC2CN)cnc1Cl. The van der Waals surface area contributed by atoms with Crippen molar-refractivity contribution in [1.82, 2.24) is 4.98 Å². The van der Waals surface area contributed by atoms with Crippen LogP contribution >= 0.6 is 11.6 Å². The molecule has 2 rings (SSSR count). The van der Waals surface area contributed by atoms with Crippen LogP contribution in [0, 0.1) is 12.8 Å². The van der Waals surface area contributed by atoms with E-state index in [2.05, 4.69) is 10.3 Å². The standard InChI is InChI=1S/C12H18ClN3/c1-8-5-10(7-15-12(8)13)16-11-4-2-3-9(11)6-14/h5,7,9,11,16H,2-4,6,14H2,1H3. The maximum absolute atomic E-state index is 5.89. The lowest BCUT2D eigenvalue weighted by Gasteiger charge is -2.20. The van der Waals surface area contributed by atoms with Gasteiger partial charge in [-0.25, -0.2) is 4.98 Å². The Bertz CT molecular complexity index is 367. The van der Waals surface area contributed by atoms with Crippen molar-refractivity contribution in [3.8, 4) is 0 Å². The normalized spacial score (nSPS) is 24.7. The number of hydrogen-bond donors (Lipinski definition) is 2. The second-order valence-electron chi connectivity index (χ2n) is 4.51. The number of nitrogens with one attached hydrogen (secondary N) is 1. The highest BCUT2D eigenvalue weighted by atomic mass is 35.5. The third kappa shape index (κ3) is 2.47. The van der Waals surface area contributed by atoms with Crippen molar-refractivity contribution in [2.24, 2.45) is 11.7 Å². The van der Waals surface area contributed by atoms with Crippen molar-refractivity contribution in [2.75, 3.05) is 11.9 Å². The second kappa shape index (κ2) is 5.02. The number of anilines is 1. The minimum Gasteiger partial charge on any atom is -0.381 e. The first kappa shape index (κ1) is 11.7. The van der Waals surface area contributed by atoms with Crippen molar-refractivity contribution in [3.05, 3.63) is 23.0 Å². The lowest BCUT2D eigenvalue weighted by Crippen LogP contribution is -2.29. The number of hydrogen-bond acceptors (Lipinski definition) is 3. The molecule has 16 heavy (non-hydrogen) atoms. The molecule has 1 aromatic heterocycles. The van der Waals surface area contributed by atoms with E-state index >= 15 is 0 Å². The summed E-state index contributed by atoms with van der Waals surface area (Å²) >= 11 is 5.89. The van der Waals surface area contributed by atoms with Crippen LogP contribution in [0.15, 0.2) is 12.3 Å². The molecule has 4 heteroatoms. The van der Waals surface area contributed by atoms with Crippen LogP contribution in [-0.2, 0) is 0 Å². The fraction of sp³-hybridized carbons (Fsp3) is 0.583. The predicted molar refractivity (Wildman–Crippen MR) is 67.8 cm³/mol. The zero-order valence-corrected chi connectivity index (χ0v) is 10.3. The largest absolute Gasteiger partial charge is 0.381 e. The Morgan fingerprint density at radius 1 is 1.56 bits per heavy atom. The summed E-state index contributed by atoms with van der Waals surface area (Å²) in [6, 6.07) is 2.54. The summed E-state index contributed by atoms with van der Waals surface area (Å²) in [5, 5.41) is 4.09. The van der Waals surface area contributed by atoms with Gasteiger partial charge in [0.25, 0.3) is 0 Å². The monoisotopic (exact) mass is 239 g/mol. The van der Waals surface area contributed by atoms with Crippen molar-refractivity contribution in [1.29, 1.82) is 0 Å². The van der Waals surface area contributed by atoms with E-state index in [1.54, 1.807) is 6.20 Å². The van der Waals surface area contributed by atoms with Gasteiger partial charge in [-0.15, -0.1) is 0 Å². The summed E-state index contributed by atoms with van der Waals surface area (Å²) < 4.78 is 0. The second-order valence-corrected chi connectivity index (χ2v) is 4.87. The molecule has 3 nitrogen and oxygen atoms in total. The van der Waals surface area contributed by atoms with E-state index in [1.165, 1.54) is 19.3 Å². The lowest BCUT2D eigenvalue weighted by molar-refractivity contribution is 0.516. The number of nitrogens with zero attached hydrogens (tertiary/aromatic N) is 1. The van der Waals surface area contributed by atoms with Crippen LogP contribution in [-0.4, -0.2) is 17.6 Å². The van der Waals surface area contributed by atoms with Gasteiger partial charge in [0.05, 0.1) is 11.9 Å². The quantitative estimate of drug-likeness (QED) is 0.798. The summed E-state index contributed by atoms with van der Waals surface area (Å²) in [6.45, 7) is 2.73. The van der Waals surface area contributed by atoms with E-state index in [-0.39, 0.29) is 0 Å². The molecule has 0 spiro atoms. The smallest absolute Gasteiger partial charge is 0.132 e. The fourth-order valence-corrected chi connectivity index (χ4v) is 2.46. The molecular weight excluding hydrogens is 222 g/mol. The molecule has 1 aliphatic rings. The van der Waals surface area contributed by atoms with Gasteiger partial charge in [0.2, 0.25) is 0 Å². The highest BCUT2D eigenvalue weighted by molar-refractivity contribution is 6.30. The van der Waals surface area contributed by atoms with Gasteiger partial charge in [-0.05, 0) is 43.9 Å². The molecule has 0 aliphatic heterocycles. The summed E-state index contributed by atoms with van der Waals surface area (Å²) in [5.74, 6) is 0.594. The maximum atomic E-state index is 5.89. The molecule has 2 unspecified atom stereocenters. The first-order chi connectivity index (χ1) is 7.70. The first-order valence-electron chi connectivity index (χ1n) is 5.79. The van der Waals surface area contributed by atoms with Crippen molar-refractivity contribution in [2.45, 2.75) is 32.2 Å². The molecule has 1 heterocycles. The van der Waals surface area contributed by atoms with E-state index < -0.39 is 0 Å². The average molecular weight is 240 g/mol. The number of aromatic nitrogens is 1. The Labute approximate surface area is 101 Å². The molecule has 0 radical (unpaired) electrons. The van der Waals surface area contributed by atoms with E-state index in [1.807, 2.05) is 13.0 Å². The molecule has 1 aromatic rings. The van der Waals surface area contributed by atoms with Gasteiger partial charge < -0.3 is 11.1 Å². The van der Waals surface area contributed by atoms with Gasteiger partial charge >= 0.3 is 0 Å². The van der Waals surface area contributed by atoms with Crippen LogP contribution < -0.4 is 11.1 Å². The van der Waals surface area contributed by atoms with Crippen molar-refractivity contribution in [3.63, 3.8) is 0 Å². The maximum Gasteiger partial charge on any atom is 0.132 e. The molecule has 0 saturated heterocycles. The zero-order valence-electron chi connectivity index (χ0n) is 9.54. The molecule has 0 aromatic carbocycles. The molecule has 1 fully saturated rings. The van der Waals surface area contributed by atoms with Crippen LogP contribution in [0.1, 0.15) is 24.8 Å². The summed E-state index contributed by atoms with van der Waals surface area (Å²) in [5.41, 5.74) is 7.81. The number of aryl methyl sites for hydroxylation is 1. The first-order valence-corrected chi connectivity index (χ1v) is 6.17. The van der Waals surface area contributed by atoms with E-state index in [9.17, 15) is 0 Å². The molecule has 2 atom stereocenters. The molecule has 0 amide bonds. The van der Waals surface area contributed by atoms with Gasteiger partial charge in [-0.1, -0.05) is 18.0 Å². The molecule has 3 N–H and O–H groups in total. The topological polar surface area (TPSA) is 50.9 Å². The Morgan fingerprint density at radius 2 is 2.38 bits per heavy atom.